The molecule has 3 nitrogen and oxygen atoms in total. The van der Waals surface area contributed by atoms with Gasteiger partial charge in [-0.1, -0.05) is 72.8 Å². The summed E-state index contributed by atoms with van der Waals surface area (Å²) in [4.78, 5) is 0. The molecule has 26 heavy (non-hydrogen) atoms. The van der Waals surface area contributed by atoms with Gasteiger partial charge in [0.25, 0.3) is 0 Å². The van der Waals surface area contributed by atoms with Crippen LogP contribution in [-0.2, 0) is 0 Å². The molecule has 0 unspecified atom stereocenters. The van der Waals surface area contributed by atoms with Crippen LogP contribution < -0.4 is 4.74 Å². The Morgan fingerprint density at radius 3 is 1.88 bits per heavy atom. The fourth-order valence-corrected chi connectivity index (χ4v) is 2.41. The van der Waals surface area contributed by atoms with Gasteiger partial charge >= 0.3 is 6.61 Å². The summed E-state index contributed by atoms with van der Waals surface area (Å²) in [6.45, 7) is -2.89. The lowest BCUT2D eigenvalue weighted by molar-refractivity contribution is -0.0499. The molecule has 0 saturated heterocycles. The second-order valence-corrected chi connectivity index (χ2v) is 5.34. The summed E-state index contributed by atoms with van der Waals surface area (Å²) in [6, 6.07) is 25.7. The van der Waals surface area contributed by atoms with Crippen molar-refractivity contribution in [1.29, 1.82) is 0 Å². The third kappa shape index (κ3) is 4.60. The first-order valence-electron chi connectivity index (χ1n) is 8.00. The first-order chi connectivity index (χ1) is 12.7. The largest absolute Gasteiger partial charge is 0.434 e. The second kappa shape index (κ2) is 8.67. The molecular formula is C21H16F2N2O. The lowest BCUT2D eigenvalue weighted by Crippen LogP contribution is -2.04. The van der Waals surface area contributed by atoms with Gasteiger partial charge in [-0.15, -0.1) is 5.10 Å². The molecule has 0 aromatic heterocycles. The molecule has 130 valence electrons. The summed E-state index contributed by atoms with van der Waals surface area (Å²) < 4.78 is 29.5. The normalized spacial score (nSPS) is 10.9. The first-order valence-corrected chi connectivity index (χ1v) is 8.00. The van der Waals surface area contributed by atoms with Gasteiger partial charge in [-0.2, -0.15) is 13.9 Å². The van der Waals surface area contributed by atoms with Crippen LogP contribution in [0.2, 0.25) is 0 Å². The number of benzene rings is 3. The number of ether oxygens (including phenoxy) is 1. The minimum Gasteiger partial charge on any atom is -0.434 e. The number of rotatable bonds is 6. The molecule has 0 radical (unpaired) electrons. The third-order valence-electron chi connectivity index (χ3n) is 3.58. The maximum absolute atomic E-state index is 12.5. The number of alkyl halides is 2. The van der Waals surface area contributed by atoms with E-state index in [2.05, 4.69) is 14.9 Å². The number of halogens is 2. The van der Waals surface area contributed by atoms with E-state index >= 15 is 0 Å². The van der Waals surface area contributed by atoms with Crippen LogP contribution in [0.4, 0.5) is 8.78 Å². The van der Waals surface area contributed by atoms with Gasteiger partial charge in [0.1, 0.15) is 11.5 Å². The summed E-state index contributed by atoms with van der Waals surface area (Å²) in [7, 11) is 0. The van der Waals surface area contributed by atoms with E-state index in [0.717, 1.165) is 11.1 Å². The van der Waals surface area contributed by atoms with Crippen molar-refractivity contribution in [3.8, 4) is 5.75 Å². The zero-order valence-electron chi connectivity index (χ0n) is 13.8. The summed E-state index contributed by atoms with van der Waals surface area (Å²) in [6.07, 6.45) is 1.41. The highest BCUT2D eigenvalue weighted by atomic mass is 19.3. The van der Waals surface area contributed by atoms with Crippen LogP contribution in [0.3, 0.4) is 0 Å². The fraction of sp³-hybridized carbons (Fsp3) is 0.0476. The molecule has 0 saturated carbocycles. The highest BCUT2D eigenvalue weighted by Gasteiger charge is 2.08. The van der Waals surface area contributed by atoms with E-state index in [-0.39, 0.29) is 5.75 Å². The van der Waals surface area contributed by atoms with Crippen LogP contribution in [0.25, 0.3) is 0 Å². The van der Waals surface area contributed by atoms with Crippen molar-refractivity contribution in [1.82, 2.24) is 0 Å². The average Bonchev–Trinajstić information content (AvgIpc) is 2.67. The zero-order valence-corrected chi connectivity index (χ0v) is 13.8. The monoisotopic (exact) mass is 350 g/mol. The molecule has 0 fully saturated rings. The van der Waals surface area contributed by atoms with E-state index in [4.69, 9.17) is 0 Å². The van der Waals surface area contributed by atoms with Crippen molar-refractivity contribution in [3.63, 3.8) is 0 Å². The first kappa shape index (κ1) is 17.5. The van der Waals surface area contributed by atoms with E-state index in [1.165, 1.54) is 12.3 Å². The van der Waals surface area contributed by atoms with Gasteiger partial charge < -0.3 is 4.74 Å². The smallest absolute Gasteiger partial charge is 0.387 e. The van der Waals surface area contributed by atoms with Gasteiger partial charge in [-0.3, -0.25) is 0 Å². The van der Waals surface area contributed by atoms with Crippen LogP contribution in [0.5, 0.6) is 5.75 Å². The Bertz CT molecular complexity index is 853. The second-order valence-electron chi connectivity index (χ2n) is 5.34. The zero-order chi connectivity index (χ0) is 18.2. The van der Waals surface area contributed by atoms with E-state index in [0.29, 0.717) is 11.3 Å². The van der Waals surface area contributed by atoms with E-state index < -0.39 is 6.61 Å². The molecule has 3 rings (SSSR count). The number of para-hydroxylation sites is 1. The molecule has 5 heteroatoms. The van der Waals surface area contributed by atoms with E-state index in [9.17, 15) is 8.78 Å². The molecule has 0 atom stereocenters. The topological polar surface area (TPSA) is 34.0 Å². The predicted molar refractivity (Wildman–Crippen MR) is 99.2 cm³/mol. The van der Waals surface area contributed by atoms with E-state index in [1.807, 2.05) is 60.7 Å². The number of nitrogens with zero attached hydrogens (tertiary/aromatic N) is 2. The lowest BCUT2D eigenvalue weighted by Gasteiger charge is -2.07. The van der Waals surface area contributed by atoms with Crippen LogP contribution >= 0.6 is 0 Å². The fourth-order valence-electron chi connectivity index (χ4n) is 2.41. The van der Waals surface area contributed by atoms with Crippen molar-refractivity contribution in [2.45, 2.75) is 6.61 Å². The highest BCUT2D eigenvalue weighted by molar-refractivity contribution is 6.12. The van der Waals surface area contributed by atoms with Crippen LogP contribution in [0.15, 0.2) is 95.1 Å². The molecular weight excluding hydrogens is 334 g/mol. The molecule has 0 aliphatic rings. The maximum Gasteiger partial charge on any atom is 0.387 e. The molecule has 0 aliphatic carbocycles. The minimum absolute atomic E-state index is 0.0578. The van der Waals surface area contributed by atoms with Gasteiger partial charge in [0.2, 0.25) is 0 Å². The maximum atomic E-state index is 12.5. The van der Waals surface area contributed by atoms with Crippen molar-refractivity contribution < 1.29 is 13.5 Å². The van der Waals surface area contributed by atoms with Crippen LogP contribution in [0.1, 0.15) is 16.7 Å². The Balaban J connectivity index is 1.94. The quantitative estimate of drug-likeness (QED) is 0.447. The molecule has 0 amide bonds. The molecule has 0 aliphatic heterocycles. The summed E-state index contributed by atoms with van der Waals surface area (Å²) >= 11 is 0. The van der Waals surface area contributed by atoms with Crippen molar-refractivity contribution in [3.05, 3.63) is 102 Å². The van der Waals surface area contributed by atoms with Crippen molar-refractivity contribution in [2.24, 2.45) is 10.2 Å². The predicted octanol–water partition coefficient (Wildman–Crippen LogP) is 5.16. The van der Waals surface area contributed by atoms with Crippen molar-refractivity contribution in [2.75, 3.05) is 0 Å². The molecule has 0 bridgehead atoms. The Morgan fingerprint density at radius 1 is 0.769 bits per heavy atom. The summed E-state index contributed by atoms with van der Waals surface area (Å²) in [5.74, 6) is 0.0578. The molecule has 3 aromatic rings. The van der Waals surface area contributed by atoms with Gasteiger partial charge in [0.15, 0.2) is 0 Å². The van der Waals surface area contributed by atoms with Crippen molar-refractivity contribution >= 4 is 11.9 Å². The summed E-state index contributed by atoms with van der Waals surface area (Å²) in [5, 5.41) is 8.42. The van der Waals surface area contributed by atoms with Gasteiger partial charge in [0, 0.05) is 16.7 Å². The van der Waals surface area contributed by atoms with E-state index in [1.54, 1.807) is 18.2 Å². The highest BCUT2D eigenvalue weighted by Crippen LogP contribution is 2.18. The Labute approximate surface area is 150 Å². The Kier molecular flexibility index (Phi) is 5.83. The Morgan fingerprint density at radius 2 is 1.31 bits per heavy atom. The molecule has 0 N–H and O–H groups in total. The lowest BCUT2D eigenvalue weighted by atomic mass is 10.0. The SMILES string of the molecule is FC(F)Oc1ccccc1C=NN=C(c1ccccc1)c1ccccc1. The van der Waals surface area contributed by atoms with Gasteiger partial charge in [-0.05, 0) is 12.1 Å². The van der Waals surface area contributed by atoms with Crippen LogP contribution in [0, 0.1) is 0 Å². The molecule has 0 spiro atoms. The average molecular weight is 350 g/mol. The minimum atomic E-state index is -2.89. The van der Waals surface area contributed by atoms with Gasteiger partial charge in [-0.25, -0.2) is 0 Å². The number of hydrogen-bond donors (Lipinski definition) is 0. The van der Waals surface area contributed by atoms with Gasteiger partial charge in [0.05, 0.1) is 6.21 Å². The molecule has 3 aromatic carbocycles. The standard InChI is InChI=1S/C21H16F2N2O/c22-21(23)26-19-14-8-7-13-18(19)15-24-25-20(16-9-3-1-4-10-16)17-11-5-2-6-12-17/h1-15,21H. The summed E-state index contributed by atoms with van der Waals surface area (Å²) in [5.41, 5.74) is 2.94. The van der Waals surface area contributed by atoms with Crippen LogP contribution in [-0.4, -0.2) is 18.5 Å². The number of hydrogen-bond acceptors (Lipinski definition) is 3. The Hall–Kier alpha value is -3.34. The third-order valence-corrected chi connectivity index (χ3v) is 3.58. The molecule has 0 heterocycles.